The molecule has 2 heterocycles. The maximum Gasteiger partial charge on any atom is 0.0488 e. The summed E-state index contributed by atoms with van der Waals surface area (Å²) in [6, 6.07) is 27.2. The minimum absolute atomic E-state index is 1.05. The van der Waals surface area contributed by atoms with Crippen molar-refractivity contribution >= 4 is 43.6 Å². The van der Waals surface area contributed by atoms with Crippen LogP contribution in [0.25, 0.3) is 43.6 Å². The van der Waals surface area contributed by atoms with Crippen molar-refractivity contribution in [2.24, 2.45) is 7.05 Å². The largest absolute Gasteiger partial charge is 0.355 e. The van der Waals surface area contributed by atoms with Crippen molar-refractivity contribution in [3.63, 3.8) is 0 Å². The number of nitrogens with one attached hydrogen (secondary N) is 1. The second-order valence-corrected chi connectivity index (χ2v) is 8.99. The van der Waals surface area contributed by atoms with Crippen molar-refractivity contribution < 1.29 is 0 Å². The highest BCUT2D eigenvalue weighted by Gasteiger charge is 2.10. The Morgan fingerprint density at radius 1 is 0.581 bits per heavy atom. The summed E-state index contributed by atoms with van der Waals surface area (Å²) in [4.78, 5) is 3.55. The average Bonchev–Trinajstić information content (AvgIpc) is 3.27. The van der Waals surface area contributed by atoms with E-state index >= 15 is 0 Å². The van der Waals surface area contributed by atoms with Crippen LogP contribution >= 0.6 is 0 Å². The lowest BCUT2D eigenvalue weighted by atomic mass is 10.0. The summed E-state index contributed by atoms with van der Waals surface area (Å²) in [7, 11) is 2.16. The van der Waals surface area contributed by atoms with Gasteiger partial charge in [-0.15, -0.1) is 0 Å². The van der Waals surface area contributed by atoms with Gasteiger partial charge in [-0.05, 0) is 86.3 Å². The Hall–Kier alpha value is -3.52. The molecule has 0 saturated carbocycles. The topological polar surface area (TPSA) is 20.7 Å². The zero-order valence-electron chi connectivity index (χ0n) is 18.3. The van der Waals surface area contributed by atoms with E-state index in [-0.39, 0.29) is 0 Å². The third-order valence-corrected chi connectivity index (χ3v) is 6.75. The van der Waals surface area contributed by atoms with Crippen LogP contribution in [0.3, 0.4) is 0 Å². The van der Waals surface area contributed by atoms with Crippen molar-refractivity contribution in [1.82, 2.24) is 9.55 Å². The highest BCUT2D eigenvalue weighted by molar-refractivity contribution is 6.09. The van der Waals surface area contributed by atoms with E-state index in [9.17, 15) is 0 Å². The number of hydrogen-bond acceptors (Lipinski definition) is 0. The number of aromatic nitrogens is 2. The van der Waals surface area contributed by atoms with E-state index in [4.69, 9.17) is 0 Å². The van der Waals surface area contributed by atoms with Crippen molar-refractivity contribution in [2.75, 3.05) is 0 Å². The molecule has 2 aromatic heterocycles. The molecule has 4 aromatic carbocycles. The molecule has 0 radical (unpaired) electrons. The molecule has 31 heavy (non-hydrogen) atoms. The Labute approximate surface area is 182 Å². The van der Waals surface area contributed by atoms with Gasteiger partial charge >= 0.3 is 0 Å². The van der Waals surface area contributed by atoms with Crippen LogP contribution in [-0.4, -0.2) is 9.55 Å². The Morgan fingerprint density at radius 2 is 1.06 bits per heavy atom. The zero-order valence-corrected chi connectivity index (χ0v) is 18.3. The first-order chi connectivity index (χ1) is 15.1. The number of benzene rings is 4. The van der Waals surface area contributed by atoms with Crippen LogP contribution in [0, 0.1) is 13.8 Å². The predicted molar refractivity (Wildman–Crippen MR) is 133 cm³/mol. The van der Waals surface area contributed by atoms with Crippen LogP contribution in [0.1, 0.15) is 22.3 Å². The number of nitrogens with zero attached hydrogens (tertiary/aromatic N) is 1. The summed E-state index contributed by atoms with van der Waals surface area (Å²) in [6.45, 7) is 4.33. The fourth-order valence-electron chi connectivity index (χ4n) is 5.04. The Bertz CT molecular complexity index is 1610. The van der Waals surface area contributed by atoms with Crippen LogP contribution < -0.4 is 0 Å². The van der Waals surface area contributed by atoms with Gasteiger partial charge < -0.3 is 9.55 Å². The molecular weight excluding hydrogens is 376 g/mol. The maximum absolute atomic E-state index is 3.55. The summed E-state index contributed by atoms with van der Waals surface area (Å²) < 4.78 is 2.31. The number of aryl methyl sites for hydroxylation is 5. The second kappa shape index (κ2) is 6.75. The Balaban J connectivity index is 1.36. The van der Waals surface area contributed by atoms with E-state index in [1.165, 1.54) is 65.9 Å². The standard InChI is InChI=1S/C29H26N2/c1-18-4-10-26-22(14-18)23-16-20(8-11-27(23)30-26)6-7-21-9-13-29-25(17-21)24-15-19(2)5-12-28(24)31(29)3/h4-5,8-17,30H,6-7H2,1-3H3. The summed E-state index contributed by atoms with van der Waals surface area (Å²) in [5.41, 5.74) is 10.5. The summed E-state index contributed by atoms with van der Waals surface area (Å²) in [5.74, 6) is 0. The fourth-order valence-corrected chi connectivity index (χ4v) is 5.04. The lowest BCUT2D eigenvalue weighted by Gasteiger charge is -2.05. The van der Waals surface area contributed by atoms with Gasteiger partial charge in [-0.25, -0.2) is 0 Å². The van der Waals surface area contributed by atoms with Gasteiger partial charge in [0.05, 0.1) is 0 Å². The van der Waals surface area contributed by atoms with Crippen LogP contribution in [-0.2, 0) is 19.9 Å². The monoisotopic (exact) mass is 402 g/mol. The van der Waals surface area contributed by atoms with Crippen molar-refractivity contribution in [3.8, 4) is 0 Å². The molecule has 152 valence electrons. The van der Waals surface area contributed by atoms with E-state index in [1.54, 1.807) is 0 Å². The lowest BCUT2D eigenvalue weighted by Crippen LogP contribution is -1.92. The molecule has 0 amide bonds. The fraction of sp³-hybridized carbons (Fsp3) is 0.172. The molecular formula is C29H26N2. The molecule has 0 unspecified atom stereocenters. The van der Waals surface area contributed by atoms with Gasteiger partial charge in [0.1, 0.15) is 0 Å². The van der Waals surface area contributed by atoms with Gasteiger partial charge in [0.2, 0.25) is 0 Å². The highest BCUT2D eigenvalue weighted by atomic mass is 14.9. The van der Waals surface area contributed by atoms with Gasteiger partial charge in [-0.1, -0.05) is 35.4 Å². The first-order valence-corrected chi connectivity index (χ1v) is 11.1. The quantitative estimate of drug-likeness (QED) is 0.319. The number of aromatic amines is 1. The lowest BCUT2D eigenvalue weighted by molar-refractivity contribution is 0.962. The van der Waals surface area contributed by atoms with Crippen LogP contribution in [0.2, 0.25) is 0 Å². The molecule has 0 saturated heterocycles. The minimum Gasteiger partial charge on any atom is -0.355 e. The number of rotatable bonds is 3. The van der Waals surface area contributed by atoms with E-state index in [0.29, 0.717) is 0 Å². The van der Waals surface area contributed by atoms with E-state index in [1.807, 2.05) is 0 Å². The third-order valence-electron chi connectivity index (χ3n) is 6.75. The Morgan fingerprint density at radius 3 is 1.81 bits per heavy atom. The van der Waals surface area contributed by atoms with Gasteiger partial charge in [0.25, 0.3) is 0 Å². The molecule has 0 aliphatic heterocycles. The first-order valence-electron chi connectivity index (χ1n) is 11.1. The van der Waals surface area contributed by atoms with E-state index in [0.717, 1.165) is 12.8 Å². The second-order valence-electron chi connectivity index (χ2n) is 8.99. The van der Waals surface area contributed by atoms with Crippen LogP contribution in [0.15, 0.2) is 72.8 Å². The van der Waals surface area contributed by atoms with Crippen LogP contribution in [0.5, 0.6) is 0 Å². The van der Waals surface area contributed by atoms with Crippen molar-refractivity contribution in [1.29, 1.82) is 0 Å². The zero-order chi connectivity index (χ0) is 21.1. The van der Waals surface area contributed by atoms with Crippen molar-refractivity contribution in [3.05, 3.63) is 95.1 Å². The molecule has 0 fully saturated rings. The third kappa shape index (κ3) is 2.94. The summed E-state index contributed by atoms with van der Waals surface area (Å²) >= 11 is 0. The maximum atomic E-state index is 3.55. The number of hydrogen-bond donors (Lipinski definition) is 1. The van der Waals surface area contributed by atoms with E-state index < -0.39 is 0 Å². The molecule has 1 N–H and O–H groups in total. The summed E-state index contributed by atoms with van der Waals surface area (Å²) in [5, 5.41) is 5.37. The smallest absolute Gasteiger partial charge is 0.0488 e. The normalized spacial score (nSPS) is 12.0. The molecule has 6 aromatic rings. The minimum atomic E-state index is 1.05. The SMILES string of the molecule is Cc1ccc2[nH]c3ccc(CCc4ccc5c(c4)c4cc(C)ccc4n5C)cc3c2c1. The molecule has 0 atom stereocenters. The molecule has 0 spiro atoms. The highest BCUT2D eigenvalue weighted by Crippen LogP contribution is 2.31. The first kappa shape index (κ1) is 18.3. The van der Waals surface area contributed by atoms with Gasteiger partial charge in [-0.2, -0.15) is 0 Å². The molecule has 0 aliphatic rings. The molecule has 2 nitrogen and oxygen atoms in total. The Kier molecular flexibility index (Phi) is 3.97. The van der Waals surface area contributed by atoms with E-state index in [2.05, 4.69) is 103 Å². The van der Waals surface area contributed by atoms with Gasteiger partial charge in [0, 0.05) is 50.7 Å². The average molecular weight is 403 g/mol. The van der Waals surface area contributed by atoms with Crippen molar-refractivity contribution in [2.45, 2.75) is 26.7 Å². The number of H-pyrrole nitrogens is 1. The number of fused-ring (bicyclic) bond motifs is 6. The summed E-state index contributed by atoms with van der Waals surface area (Å²) in [6.07, 6.45) is 2.09. The molecule has 2 heteroatoms. The molecule has 0 bridgehead atoms. The van der Waals surface area contributed by atoms with Gasteiger partial charge in [-0.3, -0.25) is 0 Å². The molecule has 6 rings (SSSR count). The molecule has 0 aliphatic carbocycles. The van der Waals surface area contributed by atoms with Crippen LogP contribution in [0.4, 0.5) is 0 Å². The predicted octanol–water partition coefficient (Wildman–Crippen LogP) is 7.37. The van der Waals surface area contributed by atoms with Gasteiger partial charge in [0.15, 0.2) is 0 Å².